The van der Waals surface area contributed by atoms with Crippen molar-refractivity contribution >= 4 is 28.6 Å². The summed E-state index contributed by atoms with van der Waals surface area (Å²) in [5.41, 5.74) is 2.53. The molecule has 4 nitrogen and oxygen atoms in total. The Labute approximate surface area is 120 Å². The molecule has 0 amide bonds. The molecule has 0 atom stereocenters. The lowest BCUT2D eigenvalue weighted by molar-refractivity contribution is 0.112. The fourth-order valence-electron chi connectivity index (χ4n) is 1.74. The van der Waals surface area contributed by atoms with E-state index in [1.807, 2.05) is 35.7 Å². The monoisotopic (exact) mass is 281 g/mol. The summed E-state index contributed by atoms with van der Waals surface area (Å²) in [6.45, 7) is 0. The maximum atomic E-state index is 10.6. The Hall–Kier alpha value is -2.53. The zero-order valence-electron chi connectivity index (χ0n) is 10.5. The average molecular weight is 281 g/mol. The zero-order chi connectivity index (χ0) is 13.8. The lowest BCUT2D eigenvalue weighted by Crippen LogP contribution is -1.91. The van der Waals surface area contributed by atoms with Gasteiger partial charge in [-0.1, -0.05) is 30.3 Å². The second-order valence-corrected chi connectivity index (χ2v) is 4.98. The zero-order valence-corrected chi connectivity index (χ0v) is 11.3. The van der Waals surface area contributed by atoms with Crippen LogP contribution in [0.2, 0.25) is 0 Å². The van der Waals surface area contributed by atoms with Crippen LogP contribution in [0, 0.1) is 0 Å². The maximum absolute atomic E-state index is 10.6. The predicted molar refractivity (Wildman–Crippen MR) is 80.5 cm³/mol. The molecule has 3 rings (SSSR count). The van der Waals surface area contributed by atoms with E-state index in [0.717, 1.165) is 28.5 Å². The Morgan fingerprint density at radius 3 is 2.65 bits per heavy atom. The molecule has 5 heteroatoms. The highest BCUT2D eigenvalue weighted by atomic mass is 32.1. The number of pyridine rings is 1. The van der Waals surface area contributed by atoms with Crippen LogP contribution >= 0.6 is 11.3 Å². The van der Waals surface area contributed by atoms with E-state index in [1.54, 1.807) is 18.3 Å². The molecule has 0 saturated heterocycles. The molecule has 0 spiro atoms. The van der Waals surface area contributed by atoms with E-state index in [1.165, 1.54) is 11.3 Å². The minimum Gasteiger partial charge on any atom is -0.316 e. The van der Waals surface area contributed by atoms with Gasteiger partial charge < -0.3 is 5.32 Å². The minimum absolute atomic E-state index is 0.663. The van der Waals surface area contributed by atoms with Crippen molar-refractivity contribution in [3.8, 4) is 11.3 Å². The Bertz CT molecular complexity index is 707. The summed E-state index contributed by atoms with van der Waals surface area (Å²) in [5, 5.41) is 5.92. The molecule has 0 bridgehead atoms. The number of aldehydes is 1. The van der Waals surface area contributed by atoms with Gasteiger partial charge in [0.15, 0.2) is 5.13 Å². The third-order valence-corrected chi connectivity index (χ3v) is 3.50. The summed E-state index contributed by atoms with van der Waals surface area (Å²) in [7, 11) is 0. The van der Waals surface area contributed by atoms with E-state index in [4.69, 9.17) is 0 Å². The van der Waals surface area contributed by atoms with E-state index in [2.05, 4.69) is 15.3 Å². The molecule has 0 aliphatic rings. The minimum atomic E-state index is 0.663. The van der Waals surface area contributed by atoms with Gasteiger partial charge in [-0.05, 0) is 12.1 Å². The maximum Gasteiger partial charge on any atom is 0.188 e. The molecule has 2 heterocycles. The first-order chi connectivity index (χ1) is 9.85. The molecular weight excluding hydrogens is 270 g/mol. The fourth-order valence-corrected chi connectivity index (χ4v) is 2.47. The van der Waals surface area contributed by atoms with Crippen LogP contribution in [0.3, 0.4) is 0 Å². The number of carbonyl (C=O) groups excluding carboxylic acids is 1. The Morgan fingerprint density at radius 1 is 1.10 bits per heavy atom. The van der Waals surface area contributed by atoms with Crippen LogP contribution in [-0.4, -0.2) is 16.3 Å². The number of rotatable bonds is 4. The summed E-state index contributed by atoms with van der Waals surface area (Å²) in [6.07, 6.45) is 2.56. The number of anilines is 2. The summed E-state index contributed by atoms with van der Waals surface area (Å²) in [6, 6.07) is 13.0. The number of thiazole rings is 1. The van der Waals surface area contributed by atoms with Crippen molar-refractivity contribution in [3.05, 3.63) is 59.6 Å². The number of hydrogen-bond acceptors (Lipinski definition) is 5. The van der Waals surface area contributed by atoms with Crippen molar-refractivity contribution in [2.24, 2.45) is 0 Å². The SMILES string of the molecule is O=Cc1ccc(-c2csc(Nc3ccccn3)n2)cc1. The van der Waals surface area contributed by atoms with Crippen LogP contribution in [0.25, 0.3) is 11.3 Å². The lowest BCUT2D eigenvalue weighted by atomic mass is 10.1. The molecule has 0 saturated carbocycles. The highest BCUT2D eigenvalue weighted by Crippen LogP contribution is 2.26. The van der Waals surface area contributed by atoms with Crippen LogP contribution in [0.1, 0.15) is 10.4 Å². The smallest absolute Gasteiger partial charge is 0.188 e. The van der Waals surface area contributed by atoms with E-state index in [0.29, 0.717) is 5.56 Å². The average Bonchev–Trinajstić information content (AvgIpc) is 2.97. The molecule has 1 aromatic carbocycles. The molecule has 0 aliphatic carbocycles. The van der Waals surface area contributed by atoms with Gasteiger partial charge in [-0.15, -0.1) is 11.3 Å². The highest BCUT2D eigenvalue weighted by molar-refractivity contribution is 7.14. The Balaban J connectivity index is 1.80. The van der Waals surface area contributed by atoms with Gasteiger partial charge in [0, 0.05) is 22.7 Å². The van der Waals surface area contributed by atoms with Gasteiger partial charge in [0.1, 0.15) is 12.1 Å². The van der Waals surface area contributed by atoms with Crippen molar-refractivity contribution in [2.45, 2.75) is 0 Å². The summed E-state index contributed by atoms with van der Waals surface area (Å²) >= 11 is 1.52. The van der Waals surface area contributed by atoms with Gasteiger partial charge in [0.25, 0.3) is 0 Å². The van der Waals surface area contributed by atoms with Crippen molar-refractivity contribution in [1.82, 2.24) is 9.97 Å². The van der Waals surface area contributed by atoms with Gasteiger partial charge in [-0.3, -0.25) is 4.79 Å². The van der Waals surface area contributed by atoms with E-state index < -0.39 is 0 Å². The number of nitrogens with one attached hydrogen (secondary N) is 1. The summed E-state index contributed by atoms with van der Waals surface area (Å²) in [5.74, 6) is 0.768. The molecule has 2 aromatic heterocycles. The van der Waals surface area contributed by atoms with Crippen LogP contribution < -0.4 is 5.32 Å². The van der Waals surface area contributed by atoms with Crippen molar-refractivity contribution in [1.29, 1.82) is 0 Å². The molecular formula is C15H11N3OS. The van der Waals surface area contributed by atoms with Crippen LogP contribution in [0.4, 0.5) is 10.9 Å². The number of carbonyl (C=O) groups is 1. The topological polar surface area (TPSA) is 54.9 Å². The predicted octanol–water partition coefficient (Wildman–Crippen LogP) is 3.76. The van der Waals surface area contributed by atoms with E-state index >= 15 is 0 Å². The Morgan fingerprint density at radius 2 is 1.95 bits per heavy atom. The lowest BCUT2D eigenvalue weighted by Gasteiger charge is -2.00. The summed E-state index contributed by atoms with van der Waals surface area (Å²) in [4.78, 5) is 19.3. The molecule has 3 aromatic rings. The first-order valence-corrected chi connectivity index (χ1v) is 6.92. The van der Waals surface area contributed by atoms with Gasteiger partial charge in [-0.2, -0.15) is 0 Å². The molecule has 1 N–H and O–H groups in total. The first-order valence-electron chi connectivity index (χ1n) is 6.04. The molecule has 0 aliphatic heterocycles. The fraction of sp³-hybridized carbons (Fsp3) is 0. The van der Waals surface area contributed by atoms with Crippen LogP contribution in [0.5, 0.6) is 0 Å². The number of nitrogens with zero attached hydrogens (tertiary/aromatic N) is 2. The van der Waals surface area contributed by atoms with Crippen molar-refractivity contribution < 1.29 is 4.79 Å². The number of benzene rings is 1. The molecule has 0 radical (unpaired) electrons. The number of hydrogen-bond donors (Lipinski definition) is 1. The molecule has 98 valence electrons. The van der Waals surface area contributed by atoms with Crippen molar-refractivity contribution in [3.63, 3.8) is 0 Å². The molecule has 0 fully saturated rings. The quantitative estimate of drug-likeness (QED) is 0.740. The van der Waals surface area contributed by atoms with E-state index in [9.17, 15) is 4.79 Å². The second-order valence-electron chi connectivity index (χ2n) is 4.12. The number of aromatic nitrogens is 2. The van der Waals surface area contributed by atoms with Gasteiger partial charge in [0.05, 0.1) is 5.69 Å². The standard InChI is InChI=1S/C15H11N3OS/c19-9-11-4-6-12(7-5-11)13-10-20-15(17-13)18-14-3-1-2-8-16-14/h1-10H,(H,16,17,18). The van der Waals surface area contributed by atoms with Crippen molar-refractivity contribution in [2.75, 3.05) is 5.32 Å². The van der Waals surface area contributed by atoms with Gasteiger partial charge in [0.2, 0.25) is 0 Å². The van der Waals surface area contributed by atoms with Crippen LogP contribution in [-0.2, 0) is 0 Å². The molecule has 0 unspecified atom stereocenters. The first kappa shape index (κ1) is 12.5. The summed E-state index contributed by atoms with van der Waals surface area (Å²) < 4.78 is 0. The second kappa shape index (κ2) is 5.63. The molecule has 20 heavy (non-hydrogen) atoms. The normalized spacial score (nSPS) is 10.2. The van der Waals surface area contributed by atoms with E-state index in [-0.39, 0.29) is 0 Å². The van der Waals surface area contributed by atoms with Gasteiger partial charge in [-0.25, -0.2) is 9.97 Å². The largest absolute Gasteiger partial charge is 0.316 e. The Kier molecular flexibility index (Phi) is 3.52. The third kappa shape index (κ3) is 2.73. The highest BCUT2D eigenvalue weighted by Gasteiger charge is 2.05. The third-order valence-electron chi connectivity index (χ3n) is 2.75. The van der Waals surface area contributed by atoms with Crippen LogP contribution in [0.15, 0.2) is 54.0 Å². The van der Waals surface area contributed by atoms with Gasteiger partial charge >= 0.3 is 0 Å².